The Hall–Kier alpha value is -1.51. The standard InChI is InChI=1S/C20H21Cl2NO/c1-14-6-2-3-7-16(14)13-23-11-5-8-15(20(23)24)12-17-18(21)9-4-10-19(17)22/h2-4,6-7,9-10,15H,5,8,11-13H2,1H3. The summed E-state index contributed by atoms with van der Waals surface area (Å²) in [4.78, 5) is 14.9. The second-order valence-corrected chi connectivity index (χ2v) is 7.24. The summed E-state index contributed by atoms with van der Waals surface area (Å²) in [5, 5.41) is 1.29. The smallest absolute Gasteiger partial charge is 0.226 e. The summed E-state index contributed by atoms with van der Waals surface area (Å²) in [5.74, 6) is 0.167. The van der Waals surface area contributed by atoms with Crippen molar-refractivity contribution in [3.63, 3.8) is 0 Å². The number of halogens is 2. The lowest BCUT2D eigenvalue weighted by molar-refractivity contribution is -0.139. The Labute approximate surface area is 153 Å². The van der Waals surface area contributed by atoms with E-state index in [0.717, 1.165) is 24.9 Å². The number of amides is 1. The third-order valence-electron chi connectivity index (χ3n) is 4.78. The number of carbonyl (C=O) groups excluding carboxylic acids is 1. The summed E-state index contributed by atoms with van der Waals surface area (Å²) in [5.41, 5.74) is 3.32. The molecule has 2 aromatic rings. The van der Waals surface area contributed by atoms with Crippen molar-refractivity contribution in [2.24, 2.45) is 5.92 Å². The first-order chi connectivity index (χ1) is 11.6. The molecule has 126 valence electrons. The molecule has 1 heterocycles. The number of hydrogen-bond donors (Lipinski definition) is 0. The van der Waals surface area contributed by atoms with Crippen molar-refractivity contribution in [3.8, 4) is 0 Å². The van der Waals surface area contributed by atoms with Crippen LogP contribution < -0.4 is 0 Å². The molecule has 1 saturated heterocycles. The van der Waals surface area contributed by atoms with E-state index >= 15 is 0 Å². The summed E-state index contributed by atoms with van der Waals surface area (Å²) < 4.78 is 0. The number of nitrogens with zero attached hydrogens (tertiary/aromatic N) is 1. The van der Waals surface area contributed by atoms with Gasteiger partial charge in [-0.2, -0.15) is 0 Å². The molecule has 0 saturated carbocycles. The largest absolute Gasteiger partial charge is 0.338 e. The highest BCUT2D eigenvalue weighted by Crippen LogP contribution is 2.31. The Morgan fingerprint density at radius 2 is 1.79 bits per heavy atom. The molecule has 24 heavy (non-hydrogen) atoms. The molecule has 1 aliphatic heterocycles. The van der Waals surface area contributed by atoms with Gasteiger partial charge in [-0.1, -0.05) is 53.5 Å². The highest BCUT2D eigenvalue weighted by Gasteiger charge is 2.30. The minimum Gasteiger partial charge on any atom is -0.338 e. The Kier molecular flexibility index (Phi) is 5.47. The van der Waals surface area contributed by atoms with Crippen LogP contribution in [0.3, 0.4) is 0 Å². The monoisotopic (exact) mass is 361 g/mol. The minimum absolute atomic E-state index is 0.0415. The van der Waals surface area contributed by atoms with E-state index in [2.05, 4.69) is 19.1 Å². The van der Waals surface area contributed by atoms with Gasteiger partial charge in [-0.15, -0.1) is 0 Å². The molecule has 1 amide bonds. The average Bonchev–Trinajstić information content (AvgIpc) is 2.56. The SMILES string of the molecule is Cc1ccccc1CN1CCCC(Cc2c(Cl)cccc2Cl)C1=O. The predicted octanol–water partition coefficient (Wildman–Crippen LogP) is 5.28. The maximum absolute atomic E-state index is 12.9. The van der Waals surface area contributed by atoms with Crippen LogP contribution in [-0.2, 0) is 17.8 Å². The van der Waals surface area contributed by atoms with Crippen LogP contribution in [0.5, 0.6) is 0 Å². The zero-order chi connectivity index (χ0) is 17.1. The van der Waals surface area contributed by atoms with Gasteiger partial charge in [0, 0.05) is 29.1 Å². The third kappa shape index (κ3) is 3.76. The summed E-state index contributed by atoms with van der Waals surface area (Å²) in [6, 6.07) is 13.7. The van der Waals surface area contributed by atoms with Crippen LogP contribution in [0.2, 0.25) is 10.0 Å². The molecule has 1 atom stereocenters. The minimum atomic E-state index is -0.0415. The molecule has 4 heteroatoms. The van der Waals surface area contributed by atoms with Gasteiger partial charge in [0.1, 0.15) is 0 Å². The first kappa shape index (κ1) is 17.3. The number of carbonyl (C=O) groups is 1. The Bertz CT molecular complexity index is 724. The first-order valence-electron chi connectivity index (χ1n) is 8.32. The molecular weight excluding hydrogens is 341 g/mol. The van der Waals surface area contributed by atoms with Gasteiger partial charge in [-0.25, -0.2) is 0 Å². The van der Waals surface area contributed by atoms with Gasteiger partial charge in [0.05, 0.1) is 0 Å². The van der Waals surface area contributed by atoms with E-state index in [1.165, 1.54) is 11.1 Å². The first-order valence-corrected chi connectivity index (χ1v) is 9.08. The highest BCUT2D eigenvalue weighted by molar-refractivity contribution is 6.36. The van der Waals surface area contributed by atoms with Crippen LogP contribution in [0.25, 0.3) is 0 Å². The van der Waals surface area contributed by atoms with Gasteiger partial charge in [-0.05, 0) is 55.0 Å². The number of aryl methyl sites for hydroxylation is 1. The van der Waals surface area contributed by atoms with Gasteiger partial charge in [0.15, 0.2) is 0 Å². The molecule has 0 radical (unpaired) electrons. The van der Waals surface area contributed by atoms with Gasteiger partial charge >= 0.3 is 0 Å². The van der Waals surface area contributed by atoms with Crippen molar-refractivity contribution in [2.45, 2.75) is 32.7 Å². The van der Waals surface area contributed by atoms with Gasteiger partial charge in [-0.3, -0.25) is 4.79 Å². The second-order valence-electron chi connectivity index (χ2n) is 6.43. The molecule has 0 N–H and O–H groups in total. The zero-order valence-corrected chi connectivity index (χ0v) is 15.3. The Balaban J connectivity index is 1.74. The van der Waals surface area contributed by atoms with E-state index in [1.54, 1.807) is 0 Å². The van der Waals surface area contributed by atoms with Gasteiger partial charge < -0.3 is 4.90 Å². The maximum atomic E-state index is 12.9. The average molecular weight is 362 g/mol. The molecule has 3 rings (SSSR count). The highest BCUT2D eigenvalue weighted by atomic mass is 35.5. The van der Waals surface area contributed by atoms with Crippen LogP contribution >= 0.6 is 23.2 Å². The van der Waals surface area contributed by atoms with E-state index in [0.29, 0.717) is 23.0 Å². The van der Waals surface area contributed by atoms with E-state index in [-0.39, 0.29) is 11.8 Å². The molecule has 1 unspecified atom stereocenters. The van der Waals surface area contributed by atoms with Crippen LogP contribution in [0.1, 0.15) is 29.5 Å². The lowest BCUT2D eigenvalue weighted by atomic mass is 9.90. The molecule has 0 spiro atoms. The summed E-state index contributed by atoms with van der Waals surface area (Å²) in [6.45, 7) is 3.59. The molecule has 2 nitrogen and oxygen atoms in total. The summed E-state index contributed by atoms with van der Waals surface area (Å²) in [6.07, 6.45) is 2.52. The van der Waals surface area contributed by atoms with E-state index in [1.807, 2.05) is 35.2 Å². The lowest BCUT2D eigenvalue weighted by Gasteiger charge is -2.33. The lowest BCUT2D eigenvalue weighted by Crippen LogP contribution is -2.41. The van der Waals surface area contributed by atoms with Crippen molar-refractivity contribution < 1.29 is 4.79 Å². The fourth-order valence-corrected chi connectivity index (χ4v) is 3.89. The number of hydrogen-bond acceptors (Lipinski definition) is 1. The zero-order valence-electron chi connectivity index (χ0n) is 13.8. The van der Waals surface area contributed by atoms with Crippen molar-refractivity contribution in [1.29, 1.82) is 0 Å². The van der Waals surface area contributed by atoms with Gasteiger partial charge in [0.2, 0.25) is 5.91 Å². The van der Waals surface area contributed by atoms with Crippen LogP contribution in [0.4, 0.5) is 0 Å². The fraction of sp³-hybridized carbons (Fsp3) is 0.350. The second kappa shape index (κ2) is 7.58. The predicted molar refractivity (Wildman–Crippen MR) is 99.5 cm³/mol. The van der Waals surface area contributed by atoms with E-state index in [9.17, 15) is 4.79 Å². The molecule has 0 aromatic heterocycles. The molecular formula is C20H21Cl2NO. The number of piperidine rings is 1. The van der Waals surface area contributed by atoms with Crippen LogP contribution in [0.15, 0.2) is 42.5 Å². The van der Waals surface area contributed by atoms with Crippen LogP contribution in [0, 0.1) is 12.8 Å². The van der Waals surface area contributed by atoms with Crippen molar-refractivity contribution in [2.75, 3.05) is 6.54 Å². The Morgan fingerprint density at radius 3 is 2.50 bits per heavy atom. The molecule has 1 fully saturated rings. The third-order valence-corrected chi connectivity index (χ3v) is 5.48. The molecule has 0 aliphatic carbocycles. The molecule has 2 aromatic carbocycles. The van der Waals surface area contributed by atoms with Crippen molar-refractivity contribution in [3.05, 3.63) is 69.2 Å². The van der Waals surface area contributed by atoms with E-state index < -0.39 is 0 Å². The summed E-state index contributed by atoms with van der Waals surface area (Å²) in [7, 11) is 0. The fourth-order valence-electron chi connectivity index (χ4n) is 3.33. The summed E-state index contributed by atoms with van der Waals surface area (Å²) >= 11 is 12.5. The molecule has 0 bridgehead atoms. The van der Waals surface area contributed by atoms with Crippen LogP contribution in [-0.4, -0.2) is 17.4 Å². The quantitative estimate of drug-likeness (QED) is 0.724. The van der Waals surface area contributed by atoms with Crippen molar-refractivity contribution >= 4 is 29.1 Å². The Morgan fingerprint density at radius 1 is 1.08 bits per heavy atom. The number of rotatable bonds is 4. The normalized spacial score (nSPS) is 18.0. The number of likely N-dealkylation sites (tertiary alicyclic amines) is 1. The van der Waals surface area contributed by atoms with Crippen molar-refractivity contribution in [1.82, 2.24) is 4.90 Å². The molecule has 1 aliphatic rings. The van der Waals surface area contributed by atoms with E-state index in [4.69, 9.17) is 23.2 Å². The van der Waals surface area contributed by atoms with Gasteiger partial charge in [0.25, 0.3) is 0 Å². The number of benzene rings is 2. The maximum Gasteiger partial charge on any atom is 0.226 e. The topological polar surface area (TPSA) is 20.3 Å².